The molecular weight excluding hydrogens is 423 g/mol. The van der Waals surface area contributed by atoms with Crippen molar-refractivity contribution in [2.24, 2.45) is 5.92 Å². The third-order valence-corrected chi connectivity index (χ3v) is 5.46. The number of nitrogens with zero attached hydrogens (tertiary/aromatic N) is 6. The first-order valence-corrected chi connectivity index (χ1v) is 9.47. The molecule has 1 aliphatic heterocycles. The number of hydrogen-bond donors (Lipinski definition) is 0. The molecule has 4 heterocycles. The van der Waals surface area contributed by atoms with Crippen molar-refractivity contribution in [2.75, 3.05) is 13.1 Å². The lowest BCUT2D eigenvalue weighted by atomic mass is 9.84. The summed E-state index contributed by atoms with van der Waals surface area (Å²) in [6, 6.07) is 3.13. The number of alkyl halides is 5. The second-order valence-electron chi connectivity index (χ2n) is 7.40. The van der Waals surface area contributed by atoms with Crippen LogP contribution in [0.4, 0.5) is 22.0 Å². The summed E-state index contributed by atoms with van der Waals surface area (Å²) < 4.78 is 68.0. The average molecular weight is 440 g/mol. The van der Waals surface area contributed by atoms with Crippen molar-refractivity contribution in [3.8, 4) is 0 Å². The number of amides is 1. The number of aromatic nitrogens is 5. The smallest absolute Gasteiger partial charge is 0.337 e. The fourth-order valence-electron chi connectivity index (χ4n) is 3.82. The quantitative estimate of drug-likeness (QED) is 0.580. The molecule has 1 saturated heterocycles. The molecule has 31 heavy (non-hydrogen) atoms. The van der Waals surface area contributed by atoms with Gasteiger partial charge in [0.25, 0.3) is 18.1 Å². The minimum absolute atomic E-state index is 0.00691. The van der Waals surface area contributed by atoms with Crippen molar-refractivity contribution in [1.82, 2.24) is 29.5 Å². The molecule has 4 rings (SSSR count). The van der Waals surface area contributed by atoms with Crippen LogP contribution in [0.5, 0.6) is 0 Å². The van der Waals surface area contributed by atoms with Gasteiger partial charge >= 0.3 is 6.18 Å². The molecule has 0 radical (unpaired) electrons. The van der Waals surface area contributed by atoms with Crippen LogP contribution in [-0.2, 0) is 6.18 Å². The van der Waals surface area contributed by atoms with Crippen molar-refractivity contribution in [3.63, 3.8) is 0 Å². The Hall–Kier alpha value is -3.18. The van der Waals surface area contributed by atoms with Gasteiger partial charge in [-0.25, -0.2) is 18.3 Å². The molecule has 0 aromatic carbocycles. The monoisotopic (exact) mass is 440 g/mol. The van der Waals surface area contributed by atoms with E-state index < -0.39 is 41.4 Å². The van der Waals surface area contributed by atoms with Crippen molar-refractivity contribution in [3.05, 3.63) is 53.4 Å². The molecule has 0 aliphatic carbocycles. The first-order valence-electron chi connectivity index (χ1n) is 9.47. The SMILES string of the molecule is C[C@@H]1CCN(C(=O)c2ncccc2C(F)(F)F)C[C@H]1c1cc(C(F)F)nc2ncnn12. The Balaban J connectivity index is 1.70. The number of likely N-dealkylation sites (tertiary alicyclic amines) is 1. The molecule has 0 saturated carbocycles. The van der Waals surface area contributed by atoms with Crippen molar-refractivity contribution in [2.45, 2.75) is 31.9 Å². The maximum atomic E-state index is 13.3. The summed E-state index contributed by atoms with van der Waals surface area (Å²) in [5.74, 6) is -1.37. The fraction of sp³-hybridized carbons (Fsp3) is 0.421. The van der Waals surface area contributed by atoms with Gasteiger partial charge in [0, 0.05) is 25.2 Å². The summed E-state index contributed by atoms with van der Waals surface area (Å²) in [7, 11) is 0. The molecule has 0 unspecified atom stereocenters. The Labute approximate surface area is 172 Å². The van der Waals surface area contributed by atoms with Crippen LogP contribution in [0.2, 0.25) is 0 Å². The van der Waals surface area contributed by atoms with Crippen molar-refractivity contribution >= 4 is 11.7 Å². The molecule has 2 atom stereocenters. The summed E-state index contributed by atoms with van der Waals surface area (Å²) >= 11 is 0. The summed E-state index contributed by atoms with van der Waals surface area (Å²) in [4.78, 5) is 25.5. The van der Waals surface area contributed by atoms with Gasteiger partial charge in [-0.15, -0.1) is 0 Å². The predicted molar refractivity (Wildman–Crippen MR) is 97.4 cm³/mol. The Kier molecular flexibility index (Phi) is 5.31. The van der Waals surface area contributed by atoms with E-state index >= 15 is 0 Å². The number of halogens is 5. The third-order valence-electron chi connectivity index (χ3n) is 5.46. The summed E-state index contributed by atoms with van der Waals surface area (Å²) in [6.45, 7) is 2.13. The van der Waals surface area contributed by atoms with Gasteiger partial charge in [0.15, 0.2) is 0 Å². The van der Waals surface area contributed by atoms with E-state index in [0.717, 1.165) is 18.3 Å². The summed E-state index contributed by atoms with van der Waals surface area (Å²) in [5, 5.41) is 4.04. The van der Waals surface area contributed by atoms with Crippen LogP contribution in [0.3, 0.4) is 0 Å². The van der Waals surface area contributed by atoms with Gasteiger partial charge in [-0.2, -0.15) is 23.3 Å². The molecule has 164 valence electrons. The topological polar surface area (TPSA) is 76.3 Å². The van der Waals surface area contributed by atoms with Gasteiger partial charge in [-0.05, 0) is 30.5 Å². The van der Waals surface area contributed by atoms with Crippen molar-refractivity contribution < 1.29 is 26.7 Å². The van der Waals surface area contributed by atoms with Crippen LogP contribution in [0.25, 0.3) is 5.78 Å². The van der Waals surface area contributed by atoms with E-state index in [1.807, 2.05) is 6.92 Å². The lowest BCUT2D eigenvalue weighted by molar-refractivity contribution is -0.138. The third kappa shape index (κ3) is 3.93. The second kappa shape index (κ2) is 7.82. The average Bonchev–Trinajstić information content (AvgIpc) is 3.21. The Morgan fingerprint density at radius 1 is 1.26 bits per heavy atom. The van der Waals surface area contributed by atoms with E-state index in [0.29, 0.717) is 12.1 Å². The van der Waals surface area contributed by atoms with Crippen LogP contribution < -0.4 is 0 Å². The van der Waals surface area contributed by atoms with E-state index in [-0.39, 0.29) is 24.8 Å². The number of pyridine rings is 1. The van der Waals surface area contributed by atoms with E-state index in [1.165, 1.54) is 21.8 Å². The first kappa shape index (κ1) is 21.1. The zero-order chi connectivity index (χ0) is 22.3. The number of hydrogen-bond acceptors (Lipinski definition) is 5. The first-order chi connectivity index (χ1) is 14.7. The lowest BCUT2D eigenvalue weighted by Crippen LogP contribution is -2.43. The molecule has 1 aliphatic rings. The van der Waals surface area contributed by atoms with E-state index in [2.05, 4.69) is 20.1 Å². The Bertz CT molecular complexity index is 1110. The molecule has 1 amide bonds. The van der Waals surface area contributed by atoms with Crippen molar-refractivity contribution in [1.29, 1.82) is 0 Å². The standard InChI is InChI=1S/C19H17F5N6O/c1-10-4-6-29(17(31)15-12(19(22,23)24)3-2-5-25-15)8-11(10)14-7-13(16(20)21)28-18-26-9-27-30(14)18/h2-3,5,7,9-11,16H,4,6,8H2,1H3/t10-,11-/m1/s1. The number of fused-ring (bicyclic) bond motifs is 1. The maximum absolute atomic E-state index is 13.3. The molecule has 0 N–H and O–H groups in total. The van der Waals surface area contributed by atoms with E-state index in [1.54, 1.807) is 0 Å². The zero-order valence-corrected chi connectivity index (χ0v) is 16.2. The molecule has 12 heteroatoms. The van der Waals surface area contributed by atoms with Crippen LogP contribution in [0, 0.1) is 5.92 Å². The van der Waals surface area contributed by atoms with Crippen LogP contribution in [-0.4, -0.2) is 48.5 Å². The number of piperidine rings is 1. The van der Waals surface area contributed by atoms with Crippen LogP contribution >= 0.6 is 0 Å². The minimum atomic E-state index is -4.73. The van der Waals surface area contributed by atoms with Crippen LogP contribution in [0.1, 0.15) is 53.1 Å². The van der Waals surface area contributed by atoms with Gasteiger partial charge in [0.05, 0.1) is 11.3 Å². The molecule has 1 fully saturated rings. The number of carbonyl (C=O) groups excluding carboxylic acids is 1. The van der Waals surface area contributed by atoms with Gasteiger partial charge in [0.1, 0.15) is 17.7 Å². The predicted octanol–water partition coefficient (Wildman–Crippen LogP) is 3.74. The zero-order valence-electron chi connectivity index (χ0n) is 16.2. The largest absolute Gasteiger partial charge is 0.418 e. The minimum Gasteiger partial charge on any atom is -0.337 e. The molecular formula is C19H17F5N6O. The van der Waals surface area contributed by atoms with Gasteiger partial charge < -0.3 is 4.90 Å². The molecule has 7 nitrogen and oxygen atoms in total. The van der Waals surface area contributed by atoms with Gasteiger partial charge in [-0.3, -0.25) is 9.78 Å². The Morgan fingerprint density at radius 3 is 2.74 bits per heavy atom. The highest BCUT2D eigenvalue weighted by molar-refractivity contribution is 5.94. The van der Waals surface area contributed by atoms with Crippen LogP contribution in [0.15, 0.2) is 30.7 Å². The summed E-state index contributed by atoms with van der Waals surface area (Å²) in [5.41, 5.74) is -1.90. The molecule has 0 bridgehead atoms. The highest BCUT2D eigenvalue weighted by atomic mass is 19.4. The molecule has 3 aromatic heterocycles. The highest BCUT2D eigenvalue weighted by Gasteiger charge is 2.39. The van der Waals surface area contributed by atoms with E-state index in [9.17, 15) is 26.7 Å². The maximum Gasteiger partial charge on any atom is 0.418 e. The van der Waals surface area contributed by atoms with E-state index in [4.69, 9.17) is 0 Å². The number of rotatable bonds is 3. The lowest BCUT2D eigenvalue weighted by Gasteiger charge is -2.37. The normalized spacial score (nSPS) is 19.9. The highest BCUT2D eigenvalue weighted by Crippen LogP contribution is 2.36. The molecule has 0 spiro atoms. The van der Waals surface area contributed by atoms with Gasteiger partial charge in [0.2, 0.25) is 0 Å². The second-order valence-corrected chi connectivity index (χ2v) is 7.40. The summed E-state index contributed by atoms with van der Waals surface area (Å²) in [6.07, 6.45) is -4.79. The fourth-order valence-corrected chi connectivity index (χ4v) is 3.82. The molecule has 3 aromatic rings. The Morgan fingerprint density at radius 2 is 2.03 bits per heavy atom. The number of carbonyl (C=O) groups is 1. The van der Waals surface area contributed by atoms with Gasteiger partial charge in [-0.1, -0.05) is 6.92 Å².